The van der Waals surface area contributed by atoms with Crippen molar-refractivity contribution in [2.24, 2.45) is 0 Å². The normalized spacial score (nSPS) is 14.8. The van der Waals surface area contributed by atoms with E-state index < -0.39 is 5.60 Å². The lowest BCUT2D eigenvalue weighted by molar-refractivity contribution is 0.0140. The lowest BCUT2D eigenvalue weighted by Crippen LogP contribution is -2.51. The van der Waals surface area contributed by atoms with E-state index in [9.17, 15) is 9.59 Å². The van der Waals surface area contributed by atoms with E-state index in [1.165, 1.54) is 0 Å². The Hall–Kier alpha value is -2.48. The van der Waals surface area contributed by atoms with Crippen LogP contribution in [-0.2, 0) is 10.5 Å². The molecule has 1 aliphatic rings. The predicted molar refractivity (Wildman–Crippen MR) is 111 cm³/mol. The van der Waals surface area contributed by atoms with Crippen LogP contribution in [0.2, 0.25) is 0 Å². The highest BCUT2D eigenvalue weighted by Gasteiger charge is 2.28. The molecule has 156 valence electrons. The van der Waals surface area contributed by atoms with E-state index in [1.807, 2.05) is 58.0 Å². The highest BCUT2D eigenvalue weighted by Crippen LogP contribution is 2.28. The second kappa shape index (κ2) is 8.90. The number of hydrogen-bond acceptors (Lipinski definition) is 6. The number of nitrogens with zero attached hydrogens (tertiary/aromatic N) is 3. The van der Waals surface area contributed by atoms with E-state index in [2.05, 4.69) is 5.16 Å². The van der Waals surface area contributed by atoms with E-state index in [-0.39, 0.29) is 12.0 Å². The molecule has 0 aliphatic carbocycles. The van der Waals surface area contributed by atoms with Gasteiger partial charge in [0.1, 0.15) is 11.4 Å². The highest BCUT2D eigenvalue weighted by atomic mass is 32.2. The third-order valence-corrected chi connectivity index (χ3v) is 5.48. The van der Waals surface area contributed by atoms with Crippen molar-refractivity contribution in [3.8, 4) is 0 Å². The summed E-state index contributed by atoms with van der Waals surface area (Å²) in [5.41, 5.74) is 0.981. The molecule has 1 aliphatic heterocycles. The number of rotatable bonds is 4. The Morgan fingerprint density at radius 2 is 1.79 bits per heavy atom. The van der Waals surface area contributed by atoms with Crippen LogP contribution >= 0.6 is 11.8 Å². The number of aromatic nitrogens is 1. The van der Waals surface area contributed by atoms with Crippen LogP contribution in [0, 0.1) is 6.92 Å². The van der Waals surface area contributed by atoms with Gasteiger partial charge in [-0.15, -0.1) is 11.8 Å². The Morgan fingerprint density at radius 3 is 2.41 bits per heavy atom. The molecular formula is C21H27N3O4S. The zero-order valence-electron chi connectivity index (χ0n) is 17.3. The molecule has 0 unspecified atom stereocenters. The molecule has 3 rings (SSSR count). The molecule has 0 N–H and O–H groups in total. The lowest BCUT2D eigenvalue weighted by Gasteiger charge is -2.35. The van der Waals surface area contributed by atoms with Crippen LogP contribution in [0.1, 0.15) is 42.6 Å². The average Bonchev–Trinajstić information content (AvgIpc) is 3.10. The number of ether oxygens (including phenoxy) is 1. The monoisotopic (exact) mass is 417 g/mol. The van der Waals surface area contributed by atoms with Gasteiger partial charge in [-0.1, -0.05) is 17.3 Å². The fraction of sp³-hybridized carbons (Fsp3) is 0.476. The molecule has 0 saturated carbocycles. The van der Waals surface area contributed by atoms with Gasteiger partial charge in [-0.05, 0) is 39.8 Å². The molecule has 2 amide bonds. The summed E-state index contributed by atoms with van der Waals surface area (Å²) in [4.78, 5) is 29.7. The van der Waals surface area contributed by atoms with Crippen LogP contribution in [0.3, 0.4) is 0 Å². The summed E-state index contributed by atoms with van der Waals surface area (Å²) < 4.78 is 10.7. The molecule has 0 radical (unpaired) electrons. The minimum Gasteiger partial charge on any atom is -0.444 e. The van der Waals surface area contributed by atoms with Gasteiger partial charge in [0.05, 0.1) is 17.0 Å². The maximum absolute atomic E-state index is 13.1. The molecule has 7 nitrogen and oxygen atoms in total. The summed E-state index contributed by atoms with van der Waals surface area (Å²) in [6, 6.07) is 9.47. The van der Waals surface area contributed by atoms with Crippen molar-refractivity contribution in [1.82, 2.24) is 15.0 Å². The van der Waals surface area contributed by atoms with E-state index >= 15 is 0 Å². The zero-order valence-corrected chi connectivity index (χ0v) is 18.1. The van der Waals surface area contributed by atoms with Crippen molar-refractivity contribution < 1.29 is 18.8 Å². The van der Waals surface area contributed by atoms with E-state index in [1.54, 1.807) is 21.6 Å². The second-order valence-electron chi connectivity index (χ2n) is 7.98. The molecule has 0 atom stereocenters. The number of thioether (sulfide) groups is 1. The van der Waals surface area contributed by atoms with Gasteiger partial charge in [-0.25, -0.2) is 4.79 Å². The van der Waals surface area contributed by atoms with Gasteiger partial charge in [-0.2, -0.15) is 0 Å². The highest BCUT2D eigenvalue weighted by molar-refractivity contribution is 7.98. The minimum atomic E-state index is -0.526. The molecule has 1 aromatic heterocycles. The molecular weight excluding hydrogens is 390 g/mol. The topological polar surface area (TPSA) is 75.9 Å². The molecule has 0 spiro atoms. The second-order valence-corrected chi connectivity index (χ2v) is 9.00. The maximum atomic E-state index is 13.1. The predicted octanol–water partition coefficient (Wildman–Crippen LogP) is 3.97. The van der Waals surface area contributed by atoms with Gasteiger partial charge >= 0.3 is 6.09 Å². The fourth-order valence-corrected chi connectivity index (χ4v) is 3.91. The Morgan fingerprint density at radius 1 is 1.14 bits per heavy atom. The number of benzene rings is 1. The van der Waals surface area contributed by atoms with Crippen LogP contribution in [0.15, 0.2) is 39.8 Å². The first-order chi connectivity index (χ1) is 13.7. The molecule has 1 fully saturated rings. The van der Waals surface area contributed by atoms with Crippen molar-refractivity contribution in [2.75, 3.05) is 26.2 Å². The summed E-state index contributed by atoms with van der Waals surface area (Å²) in [7, 11) is 0. The first-order valence-electron chi connectivity index (χ1n) is 9.64. The van der Waals surface area contributed by atoms with Crippen LogP contribution in [0.5, 0.6) is 0 Å². The number of aryl methyl sites for hydroxylation is 1. The Kier molecular flexibility index (Phi) is 6.52. The third-order valence-electron chi connectivity index (χ3n) is 4.38. The smallest absolute Gasteiger partial charge is 0.410 e. The summed E-state index contributed by atoms with van der Waals surface area (Å²) >= 11 is 1.55. The molecule has 8 heteroatoms. The third kappa shape index (κ3) is 5.76. The SMILES string of the molecule is Cc1cc(CSc2ccccc2C(=O)N2CCN(C(=O)OC(C)(C)C)CC2)on1. The number of hydrogen-bond donors (Lipinski definition) is 0. The van der Waals surface area contributed by atoms with Gasteiger partial charge in [0.25, 0.3) is 5.91 Å². The first-order valence-corrected chi connectivity index (χ1v) is 10.6. The fourth-order valence-electron chi connectivity index (χ4n) is 2.99. The largest absolute Gasteiger partial charge is 0.444 e. The molecule has 2 aromatic rings. The molecule has 2 heterocycles. The summed E-state index contributed by atoms with van der Waals surface area (Å²) in [5, 5.41) is 3.90. The molecule has 29 heavy (non-hydrogen) atoms. The van der Waals surface area contributed by atoms with Gasteiger partial charge < -0.3 is 19.1 Å². The number of carbonyl (C=O) groups is 2. The quantitative estimate of drug-likeness (QED) is 0.701. The summed E-state index contributed by atoms with van der Waals surface area (Å²) in [5.74, 6) is 1.36. The van der Waals surface area contributed by atoms with Gasteiger partial charge in [0.2, 0.25) is 0 Å². The van der Waals surface area contributed by atoms with Crippen LogP contribution < -0.4 is 0 Å². The van der Waals surface area contributed by atoms with Gasteiger partial charge in [0, 0.05) is 37.1 Å². The number of amides is 2. The van der Waals surface area contributed by atoms with Crippen molar-refractivity contribution in [2.45, 2.75) is 43.9 Å². The van der Waals surface area contributed by atoms with Crippen molar-refractivity contribution in [3.05, 3.63) is 47.3 Å². The van der Waals surface area contributed by atoms with Gasteiger partial charge in [0.15, 0.2) is 0 Å². The lowest BCUT2D eigenvalue weighted by atomic mass is 10.2. The standard InChI is InChI=1S/C21H27N3O4S/c1-15-13-16(28-22-15)14-29-18-8-6-5-7-17(18)19(25)23-9-11-24(12-10-23)20(26)27-21(2,3)4/h5-8,13H,9-12,14H2,1-4H3. The molecule has 1 aromatic carbocycles. The Balaban J connectivity index is 1.60. The van der Waals surface area contributed by atoms with Crippen LogP contribution in [0.25, 0.3) is 0 Å². The van der Waals surface area contributed by atoms with Crippen molar-refractivity contribution >= 4 is 23.8 Å². The maximum Gasteiger partial charge on any atom is 0.410 e. The minimum absolute atomic E-state index is 0.0225. The summed E-state index contributed by atoms with van der Waals surface area (Å²) in [6.07, 6.45) is -0.331. The average molecular weight is 418 g/mol. The Labute approximate surface area is 175 Å². The Bertz CT molecular complexity index is 867. The first kappa shape index (κ1) is 21.2. The summed E-state index contributed by atoms with van der Waals surface area (Å²) in [6.45, 7) is 9.32. The van der Waals surface area contributed by atoms with Crippen molar-refractivity contribution in [1.29, 1.82) is 0 Å². The van der Waals surface area contributed by atoms with E-state index in [0.717, 1.165) is 16.3 Å². The van der Waals surface area contributed by atoms with Crippen LogP contribution in [-0.4, -0.2) is 58.7 Å². The molecule has 1 saturated heterocycles. The van der Waals surface area contributed by atoms with Crippen LogP contribution in [0.4, 0.5) is 4.79 Å². The van der Waals surface area contributed by atoms with Gasteiger partial charge in [-0.3, -0.25) is 4.79 Å². The van der Waals surface area contributed by atoms with E-state index in [0.29, 0.717) is 37.5 Å². The number of piperazine rings is 1. The van der Waals surface area contributed by atoms with Crippen molar-refractivity contribution in [3.63, 3.8) is 0 Å². The van der Waals surface area contributed by atoms with E-state index in [4.69, 9.17) is 9.26 Å². The number of carbonyl (C=O) groups excluding carboxylic acids is 2. The zero-order chi connectivity index (χ0) is 21.0. The molecule has 0 bridgehead atoms.